The molecule has 0 aromatic carbocycles. The van der Waals surface area contributed by atoms with E-state index < -0.39 is 11.2 Å². The summed E-state index contributed by atoms with van der Waals surface area (Å²) >= 11 is 3.65. The summed E-state index contributed by atoms with van der Waals surface area (Å²) in [4.78, 5) is 10.8. The molecule has 0 bridgehead atoms. The molecule has 27 heavy (non-hydrogen) atoms. The molecule has 1 atom stereocenters. The van der Waals surface area contributed by atoms with Crippen LogP contribution >= 0.6 is 12.6 Å². The molecule has 1 N–H and O–H groups in total. The summed E-state index contributed by atoms with van der Waals surface area (Å²) in [7, 11) is 0. The van der Waals surface area contributed by atoms with Gasteiger partial charge in [-0.2, -0.15) is 0 Å². The zero-order valence-electron chi connectivity index (χ0n) is 18.2. The van der Waals surface area contributed by atoms with Crippen LogP contribution in [0.5, 0.6) is 0 Å². The second kappa shape index (κ2) is 22.3. The van der Waals surface area contributed by atoms with E-state index in [1.54, 1.807) is 0 Å². The highest BCUT2D eigenvalue weighted by molar-refractivity contribution is 7.96. The molecule has 0 unspecified atom stereocenters. The van der Waals surface area contributed by atoms with Crippen molar-refractivity contribution in [1.29, 1.82) is 0 Å². The van der Waals surface area contributed by atoms with Gasteiger partial charge in [-0.1, -0.05) is 135 Å². The van der Waals surface area contributed by atoms with Crippen LogP contribution in [-0.4, -0.2) is 16.3 Å². The van der Waals surface area contributed by atoms with Crippen molar-refractivity contribution in [3.8, 4) is 0 Å². The number of rotatable bonds is 22. The average Bonchev–Trinajstić information content (AvgIpc) is 2.66. The lowest BCUT2D eigenvalue weighted by atomic mass is 10.0. The molecule has 2 nitrogen and oxygen atoms in total. The Morgan fingerprint density at radius 2 is 0.852 bits per heavy atom. The van der Waals surface area contributed by atoms with E-state index in [1.807, 2.05) is 0 Å². The zero-order chi connectivity index (χ0) is 20.0. The molecule has 0 aliphatic carbocycles. The Morgan fingerprint density at radius 3 is 1.11 bits per heavy atom. The minimum atomic E-state index is -0.858. The van der Waals surface area contributed by atoms with Gasteiger partial charge < -0.3 is 5.11 Å². The normalized spacial score (nSPS) is 12.4. The molecule has 0 fully saturated rings. The SMILES string of the molecule is CCCCCCCCCCCCCCCCCCCCCC[C@H](O)C(=O)S. The number of thiol groups is 1. The van der Waals surface area contributed by atoms with Crippen molar-refractivity contribution in [2.45, 2.75) is 148 Å². The van der Waals surface area contributed by atoms with Crippen molar-refractivity contribution >= 4 is 17.7 Å². The van der Waals surface area contributed by atoms with Gasteiger partial charge in [-0.3, -0.25) is 4.79 Å². The highest BCUT2D eigenvalue weighted by Crippen LogP contribution is 2.15. The molecule has 0 saturated carbocycles. The quantitative estimate of drug-likeness (QED) is 0.143. The zero-order valence-corrected chi connectivity index (χ0v) is 19.1. The third-order valence-electron chi connectivity index (χ3n) is 5.62. The van der Waals surface area contributed by atoms with Gasteiger partial charge in [0.2, 0.25) is 5.12 Å². The van der Waals surface area contributed by atoms with Gasteiger partial charge in [0.15, 0.2) is 0 Å². The first-order valence-electron chi connectivity index (χ1n) is 12.1. The first kappa shape index (κ1) is 27.0. The van der Waals surface area contributed by atoms with E-state index in [2.05, 4.69) is 19.6 Å². The van der Waals surface area contributed by atoms with Crippen LogP contribution < -0.4 is 0 Å². The topological polar surface area (TPSA) is 37.3 Å². The van der Waals surface area contributed by atoms with Crippen molar-refractivity contribution in [2.75, 3.05) is 0 Å². The summed E-state index contributed by atoms with van der Waals surface area (Å²) < 4.78 is 0. The van der Waals surface area contributed by atoms with E-state index >= 15 is 0 Å². The van der Waals surface area contributed by atoms with Gasteiger partial charge >= 0.3 is 0 Å². The fraction of sp³-hybridized carbons (Fsp3) is 0.958. The largest absolute Gasteiger partial charge is 0.384 e. The molecule has 0 aromatic rings. The van der Waals surface area contributed by atoms with Gasteiger partial charge in [0.05, 0.1) is 0 Å². The summed E-state index contributed by atoms with van der Waals surface area (Å²) in [5.41, 5.74) is 0. The number of carbonyl (C=O) groups excluding carboxylic acids is 1. The van der Waals surface area contributed by atoms with Crippen LogP contribution in [0.3, 0.4) is 0 Å². The van der Waals surface area contributed by atoms with Crippen LogP contribution in [0.25, 0.3) is 0 Å². The smallest absolute Gasteiger partial charge is 0.214 e. The van der Waals surface area contributed by atoms with Gasteiger partial charge in [-0.15, -0.1) is 12.6 Å². The third kappa shape index (κ3) is 22.1. The van der Waals surface area contributed by atoms with E-state index in [0.29, 0.717) is 6.42 Å². The van der Waals surface area contributed by atoms with Gasteiger partial charge in [-0.05, 0) is 6.42 Å². The molecule has 0 aromatic heterocycles. The Balaban J connectivity index is 3.04. The van der Waals surface area contributed by atoms with Gasteiger partial charge in [-0.25, -0.2) is 0 Å². The second-order valence-electron chi connectivity index (χ2n) is 8.36. The Hall–Kier alpha value is -0.0200. The lowest BCUT2D eigenvalue weighted by molar-refractivity contribution is -0.118. The molecule has 3 heteroatoms. The van der Waals surface area contributed by atoms with Crippen molar-refractivity contribution < 1.29 is 9.90 Å². The van der Waals surface area contributed by atoms with Crippen LogP contribution in [0.15, 0.2) is 0 Å². The fourth-order valence-corrected chi connectivity index (χ4v) is 3.85. The molecule has 0 aliphatic rings. The van der Waals surface area contributed by atoms with Crippen LogP contribution in [0.4, 0.5) is 0 Å². The third-order valence-corrected chi connectivity index (χ3v) is 5.91. The summed E-state index contributed by atoms with van der Waals surface area (Å²) in [6, 6.07) is 0. The average molecular weight is 401 g/mol. The van der Waals surface area contributed by atoms with E-state index in [4.69, 9.17) is 0 Å². The Bertz CT molecular complexity index is 307. The maximum atomic E-state index is 10.8. The molecule has 0 spiro atoms. The molecular formula is C24H48O2S. The summed E-state index contributed by atoms with van der Waals surface area (Å²) in [5, 5.41) is 8.96. The maximum Gasteiger partial charge on any atom is 0.214 e. The number of hydrogen-bond donors (Lipinski definition) is 2. The van der Waals surface area contributed by atoms with E-state index in [0.717, 1.165) is 12.8 Å². The monoisotopic (exact) mass is 400 g/mol. The molecule has 0 rings (SSSR count). The van der Waals surface area contributed by atoms with Gasteiger partial charge in [0.1, 0.15) is 6.10 Å². The standard InChI is InChI=1S/C24H48O2S/c1-2-3-4-5-6-7-8-9-10-11-12-13-14-15-16-17-18-19-20-21-22-23(25)24(26)27/h23,25H,2-22H2,1H3,(H,26,27)/t23-/m0/s1. The molecule has 0 amide bonds. The minimum absolute atomic E-state index is 0.396. The number of hydrogen-bond acceptors (Lipinski definition) is 2. The van der Waals surface area contributed by atoms with Crippen molar-refractivity contribution in [3.63, 3.8) is 0 Å². The van der Waals surface area contributed by atoms with Crippen LogP contribution in [0.2, 0.25) is 0 Å². The van der Waals surface area contributed by atoms with Gasteiger partial charge in [0.25, 0.3) is 0 Å². The van der Waals surface area contributed by atoms with E-state index in [9.17, 15) is 9.90 Å². The summed E-state index contributed by atoms with van der Waals surface area (Å²) in [6.45, 7) is 2.29. The first-order chi connectivity index (χ1) is 13.2. The molecule has 162 valence electrons. The number of unbranched alkanes of at least 4 members (excludes halogenated alkanes) is 19. The molecule has 0 radical (unpaired) electrons. The van der Waals surface area contributed by atoms with Crippen LogP contribution in [0, 0.1) is 0 Å². The fourth-order valence-electron chi connectivity index (χ4n) is 3.72. The van der Waals surface area contributed by atoms with Crippen LogP contribution in [0.1, 0.15) is 142 Å². The van der Waals surface area contributed by atoms with Crippen molar-refractivity contribution in [2.24, 2.45) is 0 Å². The Morgan fingerprint density at radius 1 is 0.593 bits per heavy atom. The number of aliphatic hydroxyl groups is 1. The predicted octanol–water partition coefficient (Wildman–Crippen LogP) is 8.02. The maximum absolute atomic E-state index is 10.8. The second-order valence-corrected chi connectivity index (χ2v) is 8.80. The highest BCUT2D eigenvalue weighted by Gasteiger charge is 2.09. The first-order valence-corrected chi connectivity index (χ1v) is 12.5. The van der Waals surface area contributed by atoms with Crippen molar-refractivity contribution in [3.05, 3.63) is 0 Å². The Kier molecular flexibility index (Phi) is 22.3. The molecule has 0 saturated heterocycles. The van der Waals surface area contributed by atoms with Crippen LogP contribution in [-0.2, 0) is 4.79 Å². The summed E-state index contributed by atoms with van der Waals surface area (Å²) in [5.74, 6) is 0. The lowest BCUT2D eigenvalue weighted by Gasteiger charge is -2.06. The lowest BCUT2D eigenvalue weighted by Crippen LogP contribution is -2.14. The molecule has 0 aliphatic heterocycles. The number of carbonyl (C=O) groups is 1. The van der Waals surface area contributed by atoms with Crippen molar-refractivity contribution in [1.82, 2.24) is 0 Å². The predicted molar refractivity (Wildman–Crippen MR) is 123 cm³/mol. The summed E-state index contributed by atoms with van der Waals surface area (Å²) in [6.07, 6.45) is 27.0. The minimum Gasteiger partial charge on any atom is -0.384 e. The Labute approximate surface area is 175 Å². The molecular weight excluding hydrogens is 352 g/mol. The number of aliphatic hydroxyl groups excluding tert-OH is 1. The molecule has 0 heterocycles. The van der Waals surface area contributed by atoms with E-state index in [1.165, 1.54) is 116 Å². The van der Waals surface area contributed by atoms with Gasteiger partial charge in [0, 0.05) is 0 Å². The van der Waals surface area contributed by atoms with E-state index in [-0.39, 0.29) is 0 Å². The highest BCUT2D eigenvalue weighted by atomic mass is 32.1.